The van der Waals surface area contributed by atoms with E-state index in [0.29, 0.717) is 17.4 Å². The van der Waals surface area contributed by atoms with Gasteiger partial charge in [-0.25, -0.2) is 0 Å². The quantitative estimate of drug-likeness (QED) is 0.555. The van der Waals surface area contributed by atoms with Crippen LogP contribution in [0.25, 0.3) is 11.1 Å². The Balaban J connectivity index is 2.29. The standard InChI is InChI=1S/C27H34O2/c1-16(2)21-12-18(5)14-23(26(21)28)25(20-10-8-7-9-11-20)24-15-19(6)13-22(17(3)4)27(24)29/h12-15,20,25,28-29H,1,3,7-11H2,2,4-6H3. The molecule has 2 heteroatoms. The van der Waals surface area contributed by atoms with Gasteiger partial charge in [-0.15, -0.1) is 0 Å². The highest BCUT2D eigenvalue weighted by atomic mass is 16.3. The van der Waals surface area contributed by atoms with Crippen molar-refractivity contribution < 1.29 is 10.2 Å². The lowest BCUT2D eigenvalue weighted by Crippen LogP contribution is -2.19. The lowest BCUT2D eigenvalue weighted by atomic mass is 9.71. The van der Waals surface area contributed by atoms with Gasteiger partial charge in [0.2, 0.25) is 0 Å². The maximum absolute atomic E-state index is 11.2. The first kappa shape index (κ1) is 21.2. The summed E-state index contributed by atoms with van der Waals surface area (Å²) in [6, 6.07) is 8.16. The molecule has 0 spiro atoms. The van der Waals surface area contributed by atoms with Gasteiger partial charge in [-0.05, 0) is 80.9 Å². The van der Waals surface area contributed by atoms with Gasteiger partial charge in [-0.3, -0.25) is 0 Å². The van der Waals surface area contributed by atoms with Crippen LogP contribution < -0.4 is 0 Å². The molecule has 1 aliphatic rings. The molecule has 0 bridgehead atoms. The van der Waals surface area contributed by atoms with Gasteiger partial charge in [0.25, 0.3) is 0 Å². The molecule has 0 atom stereocenters. The number of hydrogen-bond donors (Lipinski definition) is 2. The van der Waals surface area contributed by atoms with E-state index in [9.17, 15) is 10.2 Å². The van der Waals surface area contributed by atoms with E-state index in [1.165, 1.54) is 19.3 Å². The van der Waals surface area contributed by atoms with E-state index >= 15 is 0 Å². The minimum Gasteiger partial charge on any atom is -0.507 e. The van der Waals surface area contributed by atoms with Crippen LogP contribution in [0.2, 0.25) is 0 Å². The second-order valence-electron chi connectivity index (χ2n) is 8.94. The molecule has 2 aromatic rings. The monoisotopic (exact) mass is 390 g/mol. The van der Waals surface area contributed by atoms with Crippen LogP contribution in [0.3, 0.4) is 0 Å². The normalized spacial score (nSPS) is 14.9. The van der Waals surface area contributed by atoms with Crippen molar-refractivity contribution in [2.24, 2.45) is 5.92 Å². The van der Waals surface area contributed by atoms with Gasteiger partial charge in [0.1, 0.15) is 11.5 Å². The van der Waals surface area contributed by atoms with Crippen LogP contribution in [0.4, 0.5) is 0 Å². The van der Waals surface area contributed by atoms with Crippen LogP contribution >= 0.6 is 0 Å². The summed E-state index contributed by atoms with van der Waals surface area (Å²) in [5.41, 5.74) is 7.32. The smallest absolute Gasteiger partial charge is 0.126 e. The van der Waals surface area contributed by atoms with Gasteiger partial charge in [-0.1, -0.05) is 44.6 Å². The van der Waals surface area contributed by atoms with Gasteiger partial charge >= 0.3 is 0 Å². The summed E-state index contributed by atoms with van der Waals surface area (Å²) in [6.07, 6.45) is 5.87. The summed E-state index contributed by atoms with van der Waals surface area (Å²) < 4.78 is 0. The molecule has 1 saturated carbocycles. The molecular formula is C27H34O2. The number of hydrogen-bond acceptors (Lipinski definition) is 2. The molecule has 0 radical (unpaired) electrons. The van der Waals surface area contributed by atoms with Crippen LogP contribution in [0, 0.1) is 19.8 Å². The van der Waals surface area contributed by atoms with Gasteiger partial charge in [0, 0.05) is 28.2 Å². The number of benzene rings is 2. The molecule has 2 N–H and O–H groups in total. The van der Waals surface area contributed by atoms with Crippen LogP contribution in [0.15, 0.2) is 37.4 Å². The second kappa shape index (κ2) is 8.49. The molecule has 1 fully saturated rings. The summed E-state index contributed by atoms with van der Waals surface area (Å²) in [4.78, 5) is 0. The van der Waals surface area contributed by atoms with Gasteiger partial charge in [0.15, 0.2) is 0 Å². The highest BCUT2D eigenvalue weighted by molar-refractivity contribution is 5.72. The average molecular weight is 391 g/mol. The Hall–Kier alpha value is -2.48. The van der Waals surface area contributed by atoms with Gasteiger partial charge < -0.3 is 10.2 Å². The zero-order valence-corrected chi connectivity index (χ0v) is 18.3. The number of allylic oxidation sites excluding steroid dienone is 2. The Morgan fingerprint density at radius 1 is 0.793 bits per heavy atom. The van der Waals surface area contributed by atoms with Crippen molar-refractivity contribution >= 4 is 11.1 Å². The molecule has 0 aliphatic heterocycles. The van der Waals surface area contributed by atoms with Crippen molar-refractivity contribution in [2.75, 3.05) is 0 Å². The summed E-state index contributed by atoms with van der Waals surface area (Å²) in [5.74, 6) is 0.944. The first-order valence-corrected chi connectivity index (χ1v) is 10.7. The predicted octanol–water partition coefficient (Wildman–Crippen LogP) is 7.49. The van der Waals surface area contributed by atoms with E-state index in [0.717, 1.165) is 57.4 Å². The number of aromatic hydroxyl groups is 2. The molecule has 0 aromatic heterocycles. The molecule has 1 aliphatic carbocycles. The zero-order valence-electron chi connectivity index (χ0n) is 18.3. The summed E-state index contributed by atoms with van der Waals surface area (Å²) in [6.45, 7) is 16.1. The highest BCUT2D eigenvalue weighted by Gasteiger charge is 2.32. The van der Waals surface area contributed by atoms with Crippen LogP contribution in [0.1, 0.15) is 85.3 Å². The van der Waals surface area contributed by atoms with E-state index in [1.54, 1.807) is 0 Å². The maximum Gasteiger partial charge on any atom is 0.126 e. The first-order valence-electron chi connectivity index (χ1n) is 10.7. The van der Waals surface area contributed by atoms with Crippen molar-refractivity contribution in [2.45, 2.75) is 65.7 Å². The van der Waals surface area contributed by atoms with Crippen LogP contribution in [0.5, 0.6) is 11.5 Å². The third kappa shape index (κ3) is 4.27. The Kier molecular flexibility index (Phi) is 6.21. The molecule has 3 rings (SSSR count). The molecule has 0 saturated heterocycles. The molecule has 2 aromatic carbocycles. The number of phenolic OH excluding ortho intramolecular Hbond substituents is 2. The Morgan fingerprint density at radius 3 is 1.59 bits per heavy atom. The van der Waals surface area contributed by atoms with E-state index in [4.69, 9.17) is 0 Å². The summed E-state index contributed by atoms with van der Waals surface area (Å²) in [5, 5.41) is 22.4. The predicted molar refractivity (Wildman–Crippen MR) is 124 cm³/mol. The molecular weight excluding hydrogens is 356 g/mol. The Morgan fingerprint density at radius 2 is 1.21 bits per heavy atom. The van der Waals surface area contributed by atoms with Crippen molar-refractivity contribution in [1.82, 2.24) is 0 Å². The van der Waals surface area contributed by atoms with Crippen molar-refractivity contribution in [1.29, 1.82) is 0 Å². The van der Waals surface area contributed by atoms with Crippen molar-refractivity contribution in [3.63, 3.8) is 0 Å². The molecule has 0 amide bonds. The lowest BCUT2D eigenvalue weighted by Gasteiger charge is -2.33. The third-order valence-electron chi connectivity index (χ3n) is 6.28. The van der Waals surface area contributed by atoms with E-state index < -0.39 is 0 Å². The fraction of sp³-hybridized carbons (Fsp3) is 0.407. The third-order valence-corrected chi connectivity index (χ3v) is 6.28. The van der Waals surface area contributed by atoms with Gasteiger partial charge in [0.05, 0.1) is 0 Å². The van der Waals surface area contributed by atoms with Crippen LogP contribution in [-0.4, -0.2) is 10.2 Å². The topological polar surface area (TPSA) is 40.5 Å². The Bertz CT molecular complexity index is 876. The largest absolute Gasteiger partial charge is 0.507 e. The molecule has 29 heavy (non-hydrogen) atoms. The SMILES string of the molecule is C=C(C)c1cc(C)cc(C(c2cc(C)cc(C(=C)C)c2O)C2CCCCC2)c1O. The average Bonchev–Trinajstić information content (AvgIpc) is 2.67. The Labute approximate surface area is 175 Å². The van der Waals surface area contributed by atoms with E-state index in [2.05, 4.69) is 39.1 Å². The zero-order chi connectivity index (χ0) is 21.3. The maximum atomic E-state index is 11.2. The number of rotatable bonds is 5. The minimum atomic E-state index is -0.0497. The summed E-state index contributed by atoms with van der Waals surface area (Å²) >= 11 is 0. The van der Waals surface area contributed by atoms with Crippen molar-refractivity contribution in [3.8, 4) is 11.5 Å². The van der Waals surface area contributed by atoms with E-state index in [1.807, 2.05) is 26.0 Å². The molecule has 0 unspecified atom stereocenters. The van der Waals surface area contributed by atoms with E-state index in [-0.39, 0.29) is 5.92 Å². The molecule has 0 heterocycles. The number of phenols is 2. The highest BCUT2D eigenvalue weighted by Crippen LogP contribution is 2.49. The fourth-order valence-electron chi connectivity index (χ4n) is 4.88. The van der Waals surface area contributed by atoms with Gasteiger partial charge in [-0.2, -0.15) is 0 Å². The summed E-state index contributed by atoms with van der Waals surface area (Å²) in [7, 11) is 0. The number of aryl methyl sites for hydroxylation is 2. The lowest BCUT2D eigenvalue weighted by molar-refractivity contribution is 0.317. The molecule has 2 nitrogen and oxygen atoms in total. The van der Waals surface area contributed by atoms with Crippen molar-refractivity contribution in [3.05, 3.63) is 70.8 Å². The second-order valence-corrected chi connectivity index (χ2v) is 8.94. The van der Waals surface area contributed by atoms with Crippen LogP contribution in [-0.2, 0) is 0 Å². The fourth-order valence-corrected chi connectivity index (χ4v) is 4.88. The first-order chi connectivity index (χ1) is 13.7. The minimum absolute atomic E-state index is 0.0497. The molecule has 154 valence electrons.